The van der Waals surface area contributed by atoms with Gasteiger partial charge in [0.05, 0.1) is 21.4 Å². The summed E-state index contributed by atoms with van der Waals surface area (Å²) in [6.45, 7) is 0. The lowest BCUT2D eigenvalue weighted by Gasteiger charge is -2.01. The van der Waals surface area contributed by atoms with Crippen LogP contribution in [0.1, 0.15) is 0 Å². The lowest BCUT2D eigenvalue weighted by Crippen LogP contribution is -1.89. The van der Waals surface area contributed by atoms with E-state index in [0.29, 0.717) is 0 Å². The monoisotopic (exact) mass is 255 g/mol. The molecule has 1 N–H and O–H groups in total. The summed E-state index contributed by atoms with van der Waals surface area (Å²) in [7, 11) is -1.02. The van der Waals surface area contributed by atoms with Crippen molar-refractivity contribution in [2.75, 3.05) is 6.26 Å². The predicted molar refractivity (Wildman–Crippen MR) is 76.1 cm³/mol. The molecule has 3 aromatic rings. The maximum absolute atomic E-state index is 12.0. The van der Waals surface area contributed by atoms with Crippen LogP contribution in [0.15, 0.2) is 59.5 Å². The molecule has 1 heterocycles. The molecule has 3 rings (SSSR count). The van der Waals surface area contributed by atoms with E-state index in [0.717, 1.165) is 27.1 Å². The molecule has 2 nitrogen and oxygen atoms in total. The van der Waals surface area contributed by atoms with Crippen LogP contribution in [0.3, 0.4) is 0 Å². The second kappa shape index (κ2) is 4.42. The smallest absolute Gasteiger partial charge is 0.0719 e. The molecule has 18 heavy (non-hydrogen) atoms. The van der Waals surface area contributed by atoms with Gasteiger partial charge in [0.15, 0.2) is 0 Å². The number of para-hydroxylation sites is 1. The van der Waals surface area contributed by atoms with Crippen molar-refractivity contribution in [3.63, 3.8) is 0 Å². The van der Waals surface area contributed by atoms with Gasteiger partial charge in [-0.25, -0.2) is 0 Å². The summed E-state index contributed by atoms with van der Waals surface area (Å²) in [6.07, 6.45) is 1.72. The van der Waals surface area contributed by atoms with Gasteiger partial charge in [-0.2, -0.15) is 0 Å². The number of rotatable bonds is 2. The molecule has 0 aliphatic rings. The number of hydrogen-bond donors (Lipinski definition) is 1. The van der Waals surface area contributed by atoms with E-state index in [9.17, 15) is 4.21 Å². The largest absolute Gasteiger partial charge is 0.354 e. The Kier molecular flexibility index (Phi) is 2.76. The van der Waals surface area contributed by atoms with Crippen molar-refractivity contribution in [2.24, 2.45) is 0 Å². The summed E-state index contributed by atoms with van der Waals surface area (Å²) in [5, 5.41) is 1.04. The first kappa shape index (κ1) is 11.2. The van der Waals surface area contributed by atoms with Gasteiger partial charge < -0.3 is 4.98 Å². The van der Waals surface area contributed by atoms with Crippen LogP contribution < -0.4 is 0 Å². The zero-order valence-corrected chi connectivity index (χ0v) is 10.8. The Bertz CT molecular complexity index is 716. The number of aromatic amines is 1. The van der Waals surface area contributed by atoms with Crippen LogP contribution >= 0.6 is 0 Å². The molecule has 0 radical (unpaired) electrons. The minimum Gasteiger partial charge on any atom is -0.354 e. The fraction of sp³-hybridized carbons (Fsp3) is 0.0667. The second-order valence-electron chi connectivity index (χ2n) is 4.19. The molecular weight excluding hydrogens is 242 g/mol. The Hall–Kier alpha value is -1.87. The van der Waals surface area contributed by atoms with Crippen LogP contribution in [-0.2, 0) is 10.8 Å². The number of H-pyrrole nitrogens is 1. The van der Waals surface area contributed by atoms with Crippen LogP contribution in [0.25, 0.3) is 22.2 Å². The molecule has 2 aromatic carbocycles. The van der Waals surface area contributed by atoms with Crippen molar-refractivity contribution in [3.8, 4) is 11.3 Å². The van der Waals surface area contributed by atoms with E-state index in [1.165, 1.54) is 0 Å². The van der Waals surface area contributed by atoms with E-state index in [-0.39, 0.29) is 0 Å². The number of hydrogen-bond acceptors (Lipinski definition) is 1. The fourth-order valence-electron chi connectivity index (χ4n) is 2.22. The van der Waals surface area contributed by atoms with Gasteiger partial charge in [-0.1, -0.05) is 48.5 Å². The van der Waals surface area contributed by atoms with Crippen LogP contribution in [0.2, 0.25) is 0 Å². The van der Waals surface area contributed by atoms with Gasteiger partial charge in [-0.3, -0.25) is 4.21 Å². The van der Waals surface area contributed by atoms with Gasteiger partial charge in [-0.15, -0.1) is 0 Å². The minimum atomic E-state index is -1.02. The van der Waals surface area contributed by atoms with Gasteiger partial charge in [-0.05, 0) is 11.6 Å². The van der Waals surface area contributed by atoms with Gasteiger partial charge in [0.1, 0.15) is 0 Å². The van der Waals surface area contributed by atoms with Crippen molar-refractivity contribution in [3.05, 3.63) is 54.6 Å². The highest BCUT2D eigenvalue weighted by atomic mass is 32.2. The van der Waals surface area contributed by atoms with Crippen LogP contribution in [0, 0.1) is 0 Å². The molecule has 0 amide bonds. The SMILES string of the molecule is CS(=O)c1c(-c2ccccc2)[nH]c2ccccc12. The number of aromatic nitrogens is 1. The Labute approximate surface area is 108 Å². The summed E-state index contributed by atoms with van der Waals surface area (Å²) in [6, 6.07) is 18.0. The van der Waals surface area contributed by atoms with Gasteiger partial charge in [0, 0.05) is 17.2 Å². The van der Waals surface area contributed by atoms with Crippen molar-refractivity contribution >= 4 is 21.7 Å². The minimum absolute atomic E-state index is 0.886. The van der Waals surface area contributed by atoms with Gasteiger partial charge >= 0.3 is 0 Å². The Balaban J connectivity index is 2.36. The van der Waals surface area contributed by atoms with E-state index < -0.39 is 10.8 Å². The molecule has 0 saturated carbocycles. The van der Waals surface area contributed by atoms with Crippen molar-refractivity contribution in [1.82, 2.24) is 4.98 Å². The summed E-state index contributed by atoms with van der Waals surface area (Å²) in [5.74, 6) is 0. The first-order chi connectivity index (χ1) is 8.77. The van der Waals surface area contributed by atoms with Gasteiger partial charge in [0.2, 0.25) is 0 Å². The summed E-state index contributed by atoms with van der Waals surface area (Å²) < 4.78 is 12.0. The molecule has 1 atom stereocenters. The van der Waals surface area contributed by atoms with Crippen molar-refractivity contribution in [2.45, 2.75) is 4.90 Å². The highest BCUT2D eigenvalue weighted by Crippen LogP contribution is 2.32. The Morgan fingerprint density at radius 1 is 0.944 bits per heavy atom. The average Bonchev–Trinajstić information content (AvgIpc) is 2.79. The number of fused-ring (bicyclic) bond motifs is 1. The second-order valence-corrected chi connectivity index (χ2v) is 5.51. The van der Waals surface area contributed by atoms with Crippen LogP contribution in [0.5, 0.6) is 0 Å². The number of nitrogens with one attached hydrogen (secondary N) is 1. The quantitative estimate of drug-likeness (QED) is 0.746. The third-order valence-corrected chi connectivity index (χ3v) is 4.01. The summed E-state index contributed by atoms with van der Waals surface area (Å²) >= 11 is 0. The molecule has 1 unspecified atom stereocenters. The lowest BCUT2D eigenvalue weighted by atomic mass is 10.1. The summed E-state index contributed by atoms with van der Waals surface area (Å²) in [4.78, 5) is 4.25. The number of benzene rings is 2. The Morgan fingerprint density at radius 3 is 2.33 bits per heavy atom. The van der Waals surface area contributed by atoms with E-state index in [1.54, 1.807) is 6.26 Å². The first-order valence-corrected chi connectivity index (χ1v) is 7.33. The first-order valence-electron chi connectivity index (χ1n) is 5.77. The highest BCUT2D eigenvalue weighted by Gasteiger charge is 2.15. The van der Waals surface area contributed by atoms with E-state index in [2.05, 4.69) is 4.98 Å². The van der Waals surface area contributed by atoms with E-state index >= 15 is 0 Å². The van der Waals surface area contributed by atoms with Crippen molar-refractivity contribution in [1.29, 1.82) is 0 Å². The molecule has 1 aromatic heterocycles. The zero-order chi connectivity index (χ0) is 12.5. The summed E-state index contributed by atoms with van der Waals surface area (Å²) in [5.41, 5.74) is 3.05. The van der Waals surface area contributed by atoms with E-state index in [1.807, 2.05) is 54.6 Å². The van der Waals surface area contributed by atoms with Crippen LogP contribution in [-0.4, -0.2) is 15.4 Å². The molecule has 3 heteroatoms. The third-order valence-electron chi connectivity index (χ3n) is 3.01. The maximum Gasteiger partial charge on any atom is 0.0719 e. The molecule has 0 aliphatic heterocycles. The molecule has 0 fully saturated rings. The normalized spacial score (nSPS) is 12.7. The molecule has 90 valence electrons. The average molecular weight is 255 g/mol. The third kappa shape index (κ3) is 1.77. The highest BCUT2D eigenvalue weighted by molar-refractivity contribution is 7.84. The molecular formula is C15H13NOS. The predicted octanol–water partition coefficient (Wildman–Crippen LogP) is 3.57. The molecule has 0 spiro atoms. The zero-order valence-electron chi connectivity index (χ0n) is 10.0. The van der Waals surface area contributed by atoms with Crippen LogP contribution in [0.4, 0.5) is 0 Å². The van der Waals surface area contributed by atoms with E-state index in [4.69, 9.17) is 0 Å². The topological polar surface area (TPSA) is 32.9 Å². The fourth-order valence-corrected chi connectivity index (χ4v) is 3.17. The maximum atomic E-state index is 12.0. The standard InChI is InChI=1S/C15H13NOS/c1-18(17)15-12-9-5-6-10-13(12)16-14(15)11-7-3-2-4-8-11/h2-10,16H,1H3. The lowest BCUT2D eigenvalue weighted by molar-refractivity contribution is 0.687. The Morgan fingerprint density at radius 2 is 1.61 bits per heavy atom. The molecule has 0 aliphatic carbocycles. The van der Waals surface area contributed by atoms with Gasteiger partial charge in [0.25, 0.3) is 0 Å². The molecule has 0 saturated heterocycles. The van der Waals surface area contributed by atoms with Crippen molar-refractivity contribution < 1.29 is 4.21 Å². The molecule has 0 bridgehead atoms.